The van der Waals surface area contributed by atoms with E-state index >= 15 is 4.39 Å². The van der Waals surface area contributed by atoms with Gasteiger partial charge in [-0.15, -0.1) is 0 Å². The van der Waals surface area contributed by atoms with Gasteiger partial charge in [0.05, 0.1) is 17.9 Å². The number of aromatic nitrogens is 4. The first-order valence-electron chi connectivity index (χ1n) is 13.4. The van der Waals surface area contributed by atoms with E-state index in [0.29, 0.717) is 55.8 Å². The fraction of sp³-hybridized carbons (Fsp3) is 0.414. The molecule has 3 aromatic heterocycles. The third kappa shape index (κ3) is 4.89. The van der Waals surface area contributed by atoms with Crippen LogP contribution in [-0.4, -0.2) is 82.9 Å². The molecule has 40 heavy (non-hydrogen) atoms. The highest BCUT2D eigenvalue weighted by atomic mass is 19.1. The standard InChI is InChI=1S/C29H30F2N8O/c1-17-4-3-5-18-11-33-12-22(24(17)18)26-25(31)27-23(13-35-26)28(39-9-8-34-20(15-39)6-7-32)37-29(36-27)40-16-21-10-19(30)14-38(21)2/h3-5,11-13,19-21,34H,6,8-10,14-16H2,1-2H3/t19-,20+,21+/m1/s1. The number of piperazine rings is 1. The monoisotopic (exact) mass is 544 g/mol. The van der Waals surface area contributed by atoms with E-state index in [0.717, 1.165) is 16.3 Å². The second kappa shape index (κ2) is 10.9. The maximum Gasteiger partial charge on any atom is 0.319 e. The Morgan fingerprint density at radius 3 is 2.88 bits per heavy atom. The molecule has 0 amide bonds. The number of nitrogens with zero attached hydrogens (tertiary/aromatic N) is 7. The van der Waals surface area contributed by atoms with Crippen LogP contribution in [0.1, 0.15) is 18.4 Å². The van der Waals surface area contributed by atoms with Crippen molar-refractivity contribution in [2.24, 2.45) is 0 Å². The number of fused-ring (bicyclic) bond motifs is 2. The van der Waals surface area contributed by atoms with Gasteiger partial charge in [-0.1, -0.05) is 18.2 Å². The quantitative estimate of drug-likeness (QED) is 0.388. The minimum absolute atomic E-state index is 0.0249. The van der Waals surface area contributed by atoms with Crippen LogP contribution in [0.2, 0.25) is 0 Å². The molecule has 0 saturated carbocycles. The number of likely N-dealkylation sites (N-methyl/N-ethyl adjacent to an activating group) is 1. The van der Waals surface area contributed by atoms with Gasteiger partial charge in [0.1, 0.15) is 29.8 Å². The lowest BCUT2D eigenvalue weighted by Gasteiger charge is -2.34. The van der Waals surface area contributed by atoms with Crippen molar-refractivity contribution in [3.05, 3.63) is 48.2 Å². The van der Waals surface area contributed by atoms with Gasteiger partial charge in [-0.05, 0) is 31.3 Å². The van der Waals surface area contributed by atoms with E-state index in [9.17, 15) is 9.65 Å². The molecule has 0 unspecified atom stereocenters. The molecule has 2 saturated heterocycles. The lowest BCUT2D eigenvalue weighted by atomic mass is 10.00. The summed E-state index contributed by atoms with van der Waals surface area (Å²) in [6.45, 7) is 4.28. The van der Waals surface area contributed by atoms with Gasteiger partial charge in [0.15, 0.2) is 5.82 Å². The van der Waals surface area contributed by atoms with E-state index in [1.54, 1.807) is 18.6 Å². The maximum atomic E-state index is 16.4. The highest BCUT2D eigenvalue weighted by Crippen LogP contribution is 2.35. The topological polar surface area (TPSA) is 103 Å². The van der Waals surface area contributed by atoms with Crippen molar-refractivity contribution in [1.82, 2.24) is 30.2 Å². The number of ether oxygens (including phenoxy) is 1. The van der Waals surface area contributed by atoms with Gasteiger partial charge < -0.3 is 15.0 Å². The number of hydrogen-bond acceptors (Lipinski definition) is 9. The third-order valence-corrected chi connectivity index (χ3v) is 7.83. The van der Waals surface area contributed by atoms with E-state index in [4.69, 9.17) is 4.74 Å². The number of anilines is 1. The first kappa shape index (κ1) is 26.2. The average molecular weight is 545 g/mol. The van der Waals surface area contributed by atoms with Gasteiger partial charge in [0.2, 0.25) is 0 Å². The van der Waals surface area contributed by atoms with E-state index in [1.165, 1.54) is 0 Å². The molecule has 206 valence electrons. The predicted molar refractivity (Wildman–Crippen MR) is 148 cm³/mol. The minimum atomic E-state index is -0.909. The van der Waals surface area contributed by atoms with Crippen LogP contribution in [0.3, 0.4) is 0 Å². The summed E-state index contributed by atoms with van der Waals surface area (Å²) in [4.78, 5) is 22.0. The zero-order valence-corrected chi connectivity index (χ0v) is 22.4. The highest BCUT2D eigenvalue weighted by molar-refractivity contribution is 6.00. The number of nitrogens with one attached hydrogen (secondary N) is 1. The molecule has 11 heteroatoms. The Balaban J connectivity index is 1.46. The number of likely N-dealkylation sites (tertiary alicyclic amines) is 1. The van der Waals surface area contributed by atoms with Crippen LogP contribution >= 0.6 is 0 Å². The summed E-state index contributed by atoms with van der Waals surface area (Å²) >= 11 is 0. The molecule has 1 aromatic carbocycles. The summed E-state index contributed by atoms with van der Waals surface area (Å²) in [5, 5.41) is 14.8. The Bertz CT molecular complexity index is 1600. The van der Waals surface area contributed by atoms with Gasteiger partial charge in [0, 0.05) is 67.8 Å². The van der Waals surface area contributed by atoms with Gasteiger partial charge in [-0.3, -0.25) is 14.9 Å². The molecular formula is C29H30F2N8O. The zero-order chi connectivity index (χ0) is 27.8. The molecule has 5 heterocycles. The summed E-state index contributed by atoms with van der Waals surface area (Å²) in [6, 6.07) is 7.91. The first-order valence-corrected chi connectivity index (χ1v) is 13.4. The molecule has 2 aliphatic rings. The molecule has 1 N–H and O–H groups in total. The van der Waals surface area contributed by atoms with Crippen LogP contribution in [0.4, 0.5) is 14.6 Å². The number of pyridine rings is 2. The summed E-state index contributed by atoms with van der Waals surface area (Å²) in [7, 11) is 1.86. The summed E-state index contributed by atoms with van der Waals surface area (Å²) in [5.41, 5.74) is 1.80. The molecule has 0 bridgehead atoms. The van der Waals surface area contributed by atoms with E-state index in [2.05, 4.69) is 31.3 Å². The van der Waals surface area contributed by atoms with Crippen LogP contribution in [-0.2, 0) is 0 Å². The van der Waals surface area contributed by atoms with E-state index in [-0.39, 0.29) is 35.9 Å². The second-order valence-electron chi connectivity index (χ2n) is 10.6. The van der Waals surface area contributed by atoms with Crippen molar-refractivity contribution in [3.63, 3.8) is 0 Å². The van der Waals surface area contributed by atoms with Crippen molar-refractivity contribution >= 4 is 27.5 Å². The van der Waals surface area contributed by atoms with Crippen molar-refractivity contribution in [1.29, 1.82) is 5.26 Å². The third-order valence-electron chi connectivity index (χ3n) is 7.83. The molecule has 9 nitrogen and oxygen atoms in total. The molecule has 3 atom stereocenters. The highest BCUT2D eigenvalue weighted by Gasteiger charge is 2.31. The number of rotatable bonds is 6. The second-order valence-corrected chi connectivity index (χ2v) is 10.6. The van der Waals surface area contributed by atoms with Gasteiger partial charge in [0.25, 0.3) is 0 Å². The van der Waals surface area contributed by atoms with Crippen molar-refractivity contribution < 1.29 is 13.5 Å². The number of alkyl halides is 1. The Labute approximate surface area is 230 Å². The Kier molecular flexibility index (Phi) is 7.12. The fourth-order valence-corrected chi connectivity index (χ4v) is 5.76. The summed E-state index contributed by atoms with van der Waals surface area (Å²) < 4.78 is 36.4. The predicted octanol–water partition coefficient (Wildman–Crippen LogP) is 3.80. The Morgan fingerprint density at radius 2 is 2.08 bits per heavy atom. The molecule has 0 aliphatic carbocycles. The lowest BCUT2D eigenvalue weighted by Crippen LogP contribution is -2.51. The molecule has 2 fully saturated rings. The molecular weight excluding hydrogens is 514 g/mol. The van der Waals surface area contributed by atoms with Gasteiger partial charge in [-0.25, -0.2) is 8.78 Å². The number of aryl methyl sites for hydroxylation is 1. The molecule has 0 spiro atoms. The largest absolute Gasteiger partial charge is 0.462 e. The van der Waals surface area contributed by atoms with Gasteiger partial charge >= 0.3 is 6.01 Å². The average Bonchev–Trinajstić information content (AvgIpc) is 3.28. The van der Waals surface area contributed by atoms with Crippen LogP contribution < -0.4 is 15.0 Å². The van der Waals surface area contributed by atoms with Crippen LogP contribution in [0.15, 0.2) is 36.8 Å². The molecule has 2 aliphatic heterocycles. The van der Waals surface area contributed by atoms with Crippen LogP contribution in [0.5, 0.6) is 6.01 Å². The smallest absolute Gasteiger partial charge is 0.319 e. The summed E-state index contributed by atoms with van der Waals surface area (Å²) in [5.74, 6) is -0.0909. The van der Waals surface area contributed by atoms with Crippen LogP contribution in [0, 0.1) is 24.1 Å². The van der Waals surface area contributed by atoms with Gasteiger partial charge in [-0.2, -0.15) is 15.2 Å². The summed E-state index contributed by atoms with van der Waals surface area (Å²) in [6.07, 6.45) is 4.77. The zero-order valence-electron chi connectivity index (χ0n) is 22.4. The Hall–Kier alpha value is -4.01. The van der Waals surface area contributed by atoms with Crippen LogP contribution in [0.25, 0.3) is 32.9 Å². The normalized spacial score (nSPS) is 21.7. The molecule has 4 aromatic rings. The number of benzene rings is 1. The minimum Gasteiger partial charge on any atom is -0.462 e. The number of hydrogen-bond donors (Lipinski definition) is 1. The molecule has 0 radical (unpaired) electrons. The maximum absolute atomic E-state index is 16.4. The molecule has 6 rings (SSSR count). The SMILES string of the molecule is Cc1cccc2cncc(-c3ncc4c(N5CCN[C@@H](CC#N)C5)nc(OC[C@@H]5C[C@@H](F)CN5C)nc4c3F)c12. The van der Waals surface area contributed by atoms with E-state index < -0.39 is 12.0 Å². The number of halogens is 2. The van der Waals surface area contributed by atoms with Crippen molar-refractivity contribution in [3.8, 4) is 23.3 Å². The van der Waals surface area contributed by atoms with Crippen molar-refractivity contribution in [2.45, 2.75) is 38.0 Å². The first-order chi connectivity index (χ1) is 19.4. The van der Waals surface area contributed by atoms with Crippen molar-refractivity contribution in [2.75, 3.05) is 44.7 Å². The Morgan fingerprint density at radius 1 is 1.20 bits per heavy atom. The fourth-order valence-electron chi connectivity index (χ4n) is 5.76. The lowest BCUT2D eigenvalue weighted by molar-refractivity contribution is 0.188. The number of nitriles is 1. The van der Waals surface area contributed by atoms with E-state index in [1.807, 2.05) is 42.0 Å².